The largest absolute Gasteiger partial charge is 0.369 e. The third-order valence-electron chi connectivity index (χ3n) is 6.31. The third kappa shape index (κ3) is 4.62. The van der Waals surface area contributed by atoms with E-state index in [2.05, 4.69) is 52.1 Å². The van der Waals surface area contributed by atoms with E-state index in [0.717, 1.165) is 51.3 Å². The van der Waals surface area contributed by atoms with E-state index in [-0.39, 0.29) is 5.91 Å². The van der Waals surface area contributed by atoms with E-state index in [1.165, 1.54) is 22.6 Å². The first kappa shape index (κ1) is 20.3. The summed E-state index contributed by atoms with van der Waals surface area (Å²) < 4.78 is 0. The lowest BCUT2D eigenvalue weighted by molar-refractivity contribution is 0.0563. The van der Waals surface area contributed by atoms with Crippen LogP contribution in [-0.2, 0) is 0 Å². The van der Waals surface area contributed by atoms with Crippen molar-refractivity contribution in [1.82, 2.24) is 9.80 Å². The molecule has 2 aromatic carbocycles. The molecule has 1 atom stereocenters. The minimum absolute atomic E-state index is 0.181. The van der Waals surface area contributed by atoms with Crippen LogP contribution in [0.2, 0.25) is 0 Å². The molecule has 4 nitrogen and oxygen atoms in total. The number of carbonyl (C=O) groups is 1. The van der Waals surface area contributed by atoms with E-state index in [1.807, 2.05) is 24.3 Å². The molecular formula is C24H31N3OS. The quantitative estimate of drug-likeness (QED) is 0.709. The Morgan fingerprint density at radius 1 is 0.966 bits per heavy atom. The molecule has 29 heavy (non-hydrogen) atoms. The first-order valence-corrected chi connectivity index (χ1v) is 11.9. The lowest BCUT2D eigenvalue weighted by Gasteiger charge is -2.44. The molecule has 0 aromatic heterocycles. The lowest BCUT2D eigenvalue weighted by atomic mass is 10.0. The number of piperidine rings is 1. The molecule has 2 aliphatic rings. The van der Waals surface area contributed by atoms with Crippen molar-refractivity contribution in [3.05, 3.63) is 59.7 Å². The van der Waals surface area contributed by atoms with Crippen molar-refractivity contribution < 1.29 is 4.79 Å². The summed E-state index contributed by atoms with van der Waals surface area (Å²) in [6, 6.07) is 17.2. The van der Waals surface area contributed by atoms with Gasteiger partial charge in [0.15, 0.2) is 0 Å². The Hall–Kier alpha value is -1.98. The van der Waals surface area contributed by atoms with Crippen LogP contribution < -0.4 is 4.90 Å². The number of anilines is 1. The third-order valence-corrected chi connectivity index (χ3v) is 7.05. The second kappa shape index (κ2) is 9.23. The SMILES string of the molecule is CSc1ccc(C(=O)N2CCCC(N3CCN(c4ccccc4C)CC3)C2)cc1. The Kier molecular flexibility index (Phi) is 6.46. The van der Waals surface area contributed by atoms with Crippen LogP contribution in [0.3, 0.4) is 0 Å². The maximum Gasteiger partial charge on any atom is 0.253 e. The Morgan fingerprint density at radius 3 is 2.38 bits per heavy atom. The molecule has 1 amide bonds. The Morgan fingerprint density at radius 2 is 1.69 bits per heavy atom. The predicted molar refractivity (Wildman–Crippen MR) is 122 cm³/mol. The van der Waals surface area contributed by atoms with Gasteiger partial charge in [0, 0.05) is 61.5 Å². The van der Waals surface area contributed by atoms with Crippen LogP contribution in [0.4, 0.5) is 5.69 Å². The summed E-state index contributed by atoms with van der Waals surface area (Å²) in [6.45, 7) is 8.19. The molecule has 0 spiro atoms. The van der Waals surface area contributed by atoms with Gasteiger partial charge >= 0.3 is 0 Å². The fraction of sp³-hybridized carbons (Fsp3) is 0.458. The zero-order valence-electron chi connectivity index (χ0n) is 17.5. The van der Waals surface area contributed by atoms with Gasteiger partial charge in [0.1, 0.15) is 0 Å². The average molecular weight is 410 g/mol. The minimum Gasteiger partial charge on any atom is -0.369 e. The molecule has 0 N–H and O–H groups in total. The van der Waals surface area contributed by atoms with Crippen LogP contribution in [0.1, 0.15) is 28.8 Å². The number of amides is 1. The first-order chi connectivity index (χ1) is 14.2. The Labute approximate surface area is 178 Å². The van der Waals surface area contributed by atoms with Gasteiger partial charge in [-0.25, -0.2) is 0 Å². The molecule has 2 fully saturated rings. The summed E-state index contributed by atoms with van der Waals surface area (Å²) in [5, 5.41) is 0. The van der Waals surface area contributed by atoms with Gasteiger partial charge in [-0.05, 0) is 61.9 Å². The molecule has 5 heteroatoms. The van der Waals surface area contributed by atoms with Crippen molar-refractivity contribution in [1.29, 1.82) is 0 Å². The average Bonchev–Trinajstić information content (AvgIpc) is 2.79. The highest BCUT2D eigenvalue weighted by Gasteiger charge is 2.30. The van der Waals surface area contributed by atoms with E-state index < -0.39 is 0 Å². The van der Waals surface area contributed by atoms with E-state index in [0.29, 0.717) is 6.04 Å². The smallest absolute Gasteiger partial charge is 0.253 e. The predicted octanol–water partition coefficient (Wildman–Crippen LogP) is 4.14. The first-order valence-electron chi connectivity index (χ1n) is 10.6. The van der Waals surface area contributed by atoms with Crippen molar-refractivity contribution in [3.63, 3.8) is 0 Å². The van der Waals surface area contributed by atoms with Crippen LogP contribution in [-0.4, -0.2) is 67.3 Å². The van der Waals surface area contributed by atoms with Crippen molar-refractivity contribution in [2.24, 2.45) is 0 Å². The minimum atomic E-state index is 0.181. The lowest BCUT2D eigenvalue weighted by Crippen LogP contribution is -2.56. The molecule has 2 saturated heterocycles. The molecule has 1 unspecified atom stereocenters. The summed E-state index contributed by atoms with van der Waals surface area (Å²) in [5.74, 6) is 0.181. The molecule has 0 radical (unpaired) electrons. The number of rotatable bonds is 4. The number of thioether (sulfide) groups is 1. The number of carbonyl (C=O) groups excluding carboxylic acids is 1. The standard InChI is InChI=1S/C24H31N3OS/c1-19-6-3-4-8-23(19)26-16-14-25(15-17-26)21-7-5-13-27(18-21)24(28)20-9-11-22(29-2)12-10-20/h3-4,6,8-12,21H,5,7,13-18H2,1-2H3. The van der Waals surface area contributed by atoms with Crippen LogP contribution in [0.5, 0.6) is 0 Å². The topological polar surface area (TPSA) is 26.8 Å². The number of hydrogen-bond donors (Lipinski definition) is 0. The number of aryl methyl sites for hydroxylation is 1. The summed E-state index contributed by atoms with van der Waals surface area (Å²) in [7, 11) is 0. The molecule has 2 aromatic rings. The van der Waals surface area contributed by atoms with Gasteiger partial charge in [0.2, 0.25) is 0 Å². The highest BCUT2D eigenvalue weighted by Crippen LogP contribution is 2.24. The summed E-state index contributed by atoms with van der Waals surface area (Å²) in [6.07, 6.45) is 4.35. The summed E-state index contributed by atoms with van der Waals surface area (Å²) >= 11 is 1.71. The van der Waals surface area contributed by atoms with Gasteiger partial charge in [0.25, 0.3) is 5.91 Å². The zero-order valence-corrected chi connectivity index (χ0v) is 18.3. The molecular weight excluding hydrogens is 378 g/mol. The molecule has 154 valence electrons. The van der Waals surface area contributed by atoms with Crippen LogP contribution in [0.15, 0.2) is 53.4 Å². The van der Waals surface area contributed by atoms with Crippen LogP contribution in [0, 0.1) is 6.92 Å². The van der Waals surface area contributed by atoms with Gasteiger partial charge in [-0.1, -0.05) is 18.2 Å². The molecule has 0 bridgehead atoms. The molecule has 0 aliphatic carbocycles. The van der Waals surface area contributed by atoms with Crippen molar-refractivity contribution >= 4 is 23.4 Å². The fourth-order valence-electron chi connectivity index (χ4n) is 4.60. The second-order valence-corrected chi connectivity index (χ2v) is 8.96. The van der Waals surface area contributed by atoms with E-state index in [9.17, 15) is 4.79 Å². The van der Waals surface area contributed by atoms with Crippen LogP contribution in [0.25, 0.3) is 0 Å². The number of nitrogens with zero attached hydrogens (tertiary/aromatic N) is 3. The highest BCUT2D eigenvalue weighted by molar-refractivity contribution is 7.98. The van der Waals surface area contributed by atoms with E-state index in [4.69, 9.17) is 0 Å². The molecule has 0 saturated carbocycles. The Bertz CT molecular complexity index is 830. The molecule has 2 heterocycles. The van der Waals surface area contributed by atoms with Crippen molar-refractivity contribution in [2.45, 2.75) is 30.7 Å². The van der Waals surface area contributed by atoms with Crippen LogP contribution >= 0.6 is 11.8 Å². The monoisotopic (exact) mass is 409 g/mol. The second-order valence-electron chi connectivity index (χ2n) is 8.09. The van der Waals surface area contributed by atoms with E-state index in [1.54, 1.807) is 11.8 Å². The summed E-state index contributed by atoms with van der Waals surface area (Å²) in [4.78, 5) is 21.4. The number of piperazine rings is 1. The normalized spacial score (nSPS) is 20.7. The zero-order chi connectivity index (χ0) is 20.2. The Balaban J connectivity index is 1.35. The van der Waals surface area contributed by atoms with E-state index >= 15 is 0 Å². The summed E-state index contributed by atoms with van der Waals surface area (Å²) in [5.41, 5.74) is 3.52. The maximum atomic E-state index is 13.0. The molecule has 4 rings (SSSR count). The van der Waals surface area contributed by atoms with Gasteiger partial charge in [-0.3, -0.25) is 9.69 Å². The highest BCUT2D eigenvalue weighted by atomic mass is 32.2. The van der Waals surface area contributed by atoms with Gasteiger partial charge in [-0.15, -0.1) is 11.8 Å². The van der Waals surface area contributed by atoms with Gasteiger partial charge in [-0.2, -0.15) is 0 Å². The number of likely N-dealkylation sites (tertiary alicyclic amines) is 1. The van der Waals surface area contributed by atoms with Crippen molar-refractivity contribution in [2.75, 3.05) is 50.4 Å². The fourth-order valence-corrected chi connectivity index (χ4v) is 5.01. The molecule has 2 aliphatic heterocycles. The van der Waals surface area contributed by atoms with Gasteiger partial charge in [0.05, 0.1) is 0 Å². The number of para-hydroxylation sites is 1. The number of hydrogen-bond acceptors (Lipinski definition) is 4. The maximum absolute atomic E-state index is 13.0. The number of benzene rings is 2. The van der Waals surface area contributed by atoms with Crippen molar-refractivity contribution in [3.8, 4) is 0 Å². The van der Waals surface area contributed by atoms with Gasteiger partial charge < -0.3 is 9.80 Å².